The molecule has 0 heterocycles. The number of amides is 2. The maximum Gasteiger partial charge on any atom is 0.239 e. The van der Waals surface area contributed by atoms with Gasteiger partial charge in [-0.15, -0.1) is 0 Å². The van der Waals surface area contributed by atoms with E-state index in [1.54, 1.807) is 7.05 Å². The SMILES string of the molecule is CCC(C)C(N)C(=O)N(C)CC(=O)NCC(C)C. The molecule has 0 bridgehead atoms. The Morgan fingerprint density at radius 1 is 1.28 bits per heavy atom. The Labute approximate surface area is 110 Å². The van der Waals surface area contributed by atoms with Crippen LogP contribution >= 0.6 is 0 Å². The molecule has 106 valence electrons. The summed E-state index contributed by atoms with van der Waals surface area (Å²) in [7, 11) is 1.61. The fourth-order valence-electron chi connectivity index (χ4n) is 1.42. The Kier molecular flexibility index (Phi) is 7.59. The van der Waals surface area contributed by atoms with Gasteiger partial charge in [0.1, 0.15) is 0 Å². The molecule has 0 spiro atoms. The van der Waals surface area contributed by atoms with E-state index < -0.39 is 6.04 Å². The van der Waals surface area contributed by atoms with Gasteiger partial charge in [0.05, 0.1) is 12.6 Å². The van der Waals surface area contributed by atoms with Gasteiger partial charge in [0.25, 0.3) is 0 Å². The molecule has 0 rings (SSSR count). The molecule has 5 heteroatoms. The van der Waals surface area contributed by atoms with Gasteiger partial charge >= 0.3 is 0 Å². The molecular weight excluding hydrogens is 230 g/mol. The number of carbonyl (C=O) groups excluding carboxylic acids is 2. The molecule has 0 aliphatic heterocycles. The predicted octanol–water partition coefficient (Wildman–Crippen LogP) is 0.590. The molecule has 0 radical (unpaired) electrons. The lowest BCUT2D eigenvalue weighted by molar-refractivity contribution is -0.136. The van der Waals surface area contributed by atoms with Crippen molar-refractivity contribution in [2.24, 2.45) is 17.6 Å². The highest BCUT2D eigenvalue weighted by molar-refractivity contribution is 5.87. The highest BCUT2D eigenvalue weighted by Crippen LogP contribution is 2.07. The lowest BCUT2D eigenvalue weighted by Gasteiger charge is -2.24. The smallest absolute Gasteiger partial charge is 0.239 e. The molecule has 5 nitrogen and oxygen atoms in total. The predicted molar refractivity (Wildman–Crippen MR) is 72.9 cm³/mol. The molecule has 0 aliphatic rings. The van der Waals surface area contributed by atoms with Crippen molar-refractivity contribution < 1.29 is 9.59 Å². The normalized spacial score (nSPS) is 14.2. The molecule has 0 aromatic rings. The van der Waals surface area contributed by atoms with Gasteiger partial charge in [0, 0.05) is 13.6 Å². The van der Waals surface area contributed by atoms with Crippen LogP contribution in [0.15, 0.2) is 0 Å². The van der Waals surface area contributed by atoms with Crippen molar-refractivity contribution in [2.45, 2.75) is 40.2 Å². The van der Waals surface area contributed by atoms with Gasteiger partial charge in [0.2, 0.25) is 11.8 Å². The third kappa shape index (κ3) is 6.00. The van der Waals surface area contributed by atoms with Gasteiger partial charge in [-0.2, -0.15) is 0 Å². The maximum absolute atomic E-state index is 11.9. The summed E-state index contributed by atoms with van der Waals surface area (Å²) in [6.45, 7) is 8.67. The quantitative estimate of drug-likeness (QED) is 0.701. The number of likely N-dealkylation sites (N-methyl/N-ethyl adjacent to an activating group) is 1. The lowest BCUT2D eigenvalue weighted by Crippen LogP contribution is -2.48. The minimum Gasteiger partial charge on any atom is -0.354 e. The number of nitrogens with one attached hydrogen (secondary N) is 1. The van der Waals surface area contributed by atoms with Crippen LogP contribution in [0.2, 0.25) is 0 Å². The second-order valence-corrected chi connectivity index (χ2v) is 5.30. The first-order valence-corrected chi connectivity index (χ1v) is 6.56. The number of hydrogen-bond acceptors (Lipinski definition) is 3. The zero-order chi connectivity index (χ0) is 14.3. The summed E-state index contributed by atoms with van der Waals surface area (Å²) in [6.07, 6.45) is 0.848. The topological polar surface area (TPSA) is 75.4 Å². The highest BCUT2D eigenvalue weighted by Gasteiger charge is 2.23. The summed E-state index contributed by atoms with van der Waals surface area (Å²) in [6, 6.07) is -0.530. The molecular formula is C13H27N3O2. The Hall–Kier alpha value is -1.10. The zero-order valence-corrected chi connectivity index (χ0v) is 12.2. The zero-order valence-electron chi connectivity index (χ0n) is 12.2. The van der Waals surface area contributed by atoms with Crippen LogP contribution in [0.5, 0.6) is 0 Å². The van der Waals surface area contributed by atoms with Crippen LogP contribution in [0.3, 0.4) is 0 Å². The van der Waals surface area contributed by atoms with E-state index in [0.29, 0.717) is 12.5 Å². The maximum atomic E-state index is 11.9. The largest absolute Gasteiger partial charge is 0.354 e. The lowest BCUT2D eigenvalue weighted by atomic mass is 9.99. The molecule has 2 unspecified atom stereocenters. The molecule has 0 aromatic heterocycles. The third-order valence-electron chi connectivity index (χ3n) is 3.01. The van der Waals surface area contributed by atoms with Crippen LogP contribution < -0.4 is 11.1 Å². The van der Waals surface area contributed by atoms with Crippen molar-refractivity contribution in [1.29, 1.82) is 0 Å². The van der Waals surface area contributed by atoms with E-state index in [0.717, 1.165) is 6.42 Å². The Balaban J connectivity index is 4.19. The first-order valence-electron chi connectivity index (χ1n) is 6.56. The van der Waals surface area contributed by atoms with Crippen LogP contribution in [0.25, 0.3) is 0 Å². The van der Waals surface area contributed by atoms with E-state index in [1.165, 1.54) is 4.90 Å². The second-order valence-electron chi connectivity index (χ2n) is 5.30. The van der Waals surface area contributed by atoms with Crippen LogP contribution in [0, 0.1) is 11.8 Å². The number of rotatable bonds is 7. The summed E-state index contributed by atoms with van der Waals surface area (Å²) in [5.41, 5.74) is 5.85. The van der Waals surface area contributed by atoms with Gasteiger partial charge in [-0.05, 0) is 11.8 Å². The van der Waals surface area contributed by atoms with E-state index in [2.05, 4.69) is 5.32 Å². The molecule has 0 saturated heterocycles. The fraction of sp³-hybridized carbons (Fsp3) is 0.846. The molecule has 0 saturated carbocycles. The number of hydrogen-bond donors (Lipinski definition) is 2. The second kappa shape index (κ2) is 8.08. The Morgan fingerprint density at radius 3 is 2.28 bits per heavy atom. The van der Waals surface area contributed by atoms with Crippen LogP contribution in [0.1, 0.15) is 34.1 Å². The standard InChI is InChI=1S/C13H27N3O2/c1-6-10(4)12(14)13(18)16(5)8-11(17)15-7-9(2)3/h9-10,12H,6-8,14H2,1-5H3,(H,15,17). The highest BCUT2D eigenvalue weighted by atomic mass is 16.2. The molecule has 2 atom stereocenters. The number of nitrogens with two attached hydrogens (primary N) is 1. The van der Waals surface area contributed by atoms with E-state index in [9.17, 15) is 9.59 Å². The van der Waals surface area contributed by atoms with E-state index in [-0.39, 0.29) is 24.3 Å². The molecule has 0 aromatic carbocycles. The first kappa shape index (κ1) is 16.9. The average molecular weight is 257 g/mol. The van der Waals surface area contributed by atoms with Gasteiger partial charge in [0.15, 0.2) is 0 Å². The van der Waals surface area contributed by atoms with E-state index in [4.69, 9.17) is 5.73 Å². The summed E-state index contributed by atoms with van der Waals surface area (Å²) < 4.78 is 0. The monoisotopic (exact) mass is 257 g/mol. The van der Waals surface area contributed by atoms with Crippen molar-refractivity contribution >= 4 is 11.8 Å². The third-order valence-corrected chi connectivity index (χ3v) is 3.01. The van der Waals surface area contributed by atoms with E-state index >= 15 is 0 Å². The minimum absolute atomic E-state index is 0.0652. The van der Waals surface area contributed by atoms with Crippen molar-refractivity contribution in [3.05, 3.63) is 0 Å². The Bertz CT molecular complexity index is 279. The molecule has 2 amide bonds. The van der Waals surface area contributed by atoms with Crippen molar-refractivity contribution in [3.63, 3.8) is 0 Å². The van der Waals surface area contributed by atoms with Crippen molar-refractivity contribution in [2.75, 3.05) is 20.1 Å². The average Bonchev–Trinajstić information content (AvgIpc) is 2.33. The molecule has 3 N–H and O–H groups in total. The van der Waals surface area contributed by atoms with Crippen molar-refractivity contribution in [1.82, 2.24) is 10.2 Å². The van der Waals surface area contributed by atoms with Gasteiger partial charge in [-0.1, -0.05) is 34.1 Å². The molecule has 18 heavy (non-hydrogen) atoms. The van der Waals surface area contributed by atoms with Gasteiger partial charge in [-0.25, -0.2) is 0 Å². The van der Waals surface area contributed by atoms with Crippen LogP contribution in [-0.2, 0) is 9.59 Å². The molecule has 0 aliphatic carbocycles. The van der Waals surface area contributed by atoms with Crippen molar-refractivity contribution in [3.8, 4) is 0 Å². The summed E-state index contributed by atoms with van der Waals surface area (Å²) in [5.74, 6) is 0.205. The number of carbonyl (C=O) groups is 2. The van der Waals surface area contributed by atoms with E-state index in [1.807, 2.05) is 27.7 Å². The summed E-state index contributed by atoms with van der Waals surface area (Å²) in [5, 5.41) is 2.78. The fourth-order valence-corrected chi connectivity index (χ4v) is 1.42. The van der Waals surface area contributed by atoms with Crippen LogP contribution in [-0.4, -0.2) is 42.9 Å². The summed E-state index contributed by atoms with van der Waals surface area (Å²) in [4.78, 5) is 24.9. The van der Waals surface area contributed by atoms with Gasteiger partial charge < -0.3 is 16.0 Å². The first-order chi connectivity index (χ1) is 8.29. The number of nitrogens with zero attached hydrogens (tertiary/aromatic N) is 1. The Morgan fingerprint density at radius 2 is 1.83 bits per heavy atom. The molecule has 0 fully saturated rings. The van der Waals surface area contributed by atoms with Gasteiger partial charge in [-0.3, -0.25) is 9.59 Å². The minimum atomic E-state index is -0.530. The summed E-state index contributed by atoms with van der Waals surface area (Å²) >= 11 is 0. The van der Waals surface area contributed by atoms with Crippen LogP contribution in [0.4, 0.5) is 0 Å².